The average Bonchev–Trinajstić information content (AvgIpc) is 2.56. The molecule has 0 aromatic heterocycles. The highest BCUT2D eigenvalue weighted by molar-refractivity contribution is 5.89. The minimum Gasteiger partial charge on any atom is -0.317 e. The second-order valence-electron chi connectivity index (χ2n) is 7.15. The highest BCUT2D eigenvalue weighted by Crippen LogP contribution is 2.33. The van der Waals surface area contributed by atoms with Crippen LogP contribution in [-0.4, -0.2) is 36.1 Å². The van der Waals surface area contributed by atoms with Crippen molar-refractivity contribution < 1.29 is 4.79 Å². The van der Waals surface area contributed by atoms with Gasteiger partial charge in [-0.3, -0.25) is 0 Å². The third kappa shape index (κ3) is 3.86. The highest BCUT2D eigenvalue weighted by atomic mass is 16.2. The van der Waals surface area contributed by atoms with Crippen molar-refractivity contribution in [2.24, 2.45) is 0 Å². The van der Waals surface area contributed by atoms with E-state index in [4.69, 9.17) is 0 Å². The standard InChI is InChI=1S/C19H29N3O/c1-14-12-20-13-15(2)22(14)19(23)21-18-10-8-17(9-11-18)16-6-4-3-5-7-16/h8-11,14-16,20H,3-7,12-13H2,1-2H3,(H,21,23). The summed E-state index contributed by atoms with van der Waals surface area (Å²) in [5.41, 5.74) is 2.32. The lowest BCUT2D eigenvalue weighted by molar-refractivity contribution is 0.143. The average molecular weight is 315 g/mol. The smallest absolute Gasteiger partial charge is 0.317 e. The van der Waals surface area contributed by atoms with Gasteiger partial charge in [0.05, 0.1) is 0 Å². The van der Waals surface area contributed by atoms with Crippen LogP contribution in [0.2, 0.25) is 0 Å². The highest BCUT2D eigenvalue weighted by Gasteiger charge is 2.28. The first-order chi connectivity index (χ1) is 11.1. The number of nitrogens with zero attached hydrogens (tertiary/aromatic N) is 1. The van der Waals surface area contributed by atoms with Crippen LogP contribution in [0.1, 0.15) is 57.4 Å². The Balaban J connectivity index is 1.62. The Labute approximate surface area is 139 Å². The van der Waals surface area contributed by atoms with Crippen molar-refractivity contribution in [1.82, 2.24) is 10.2 Å². The van der Waals surface area contributed by atoms with Crippen LogP contribution in [0.4, 0.5) is 10.5 Å². The predicted molar refractivity (Wildman–Crippen MR) is 94.9 cm³/mol. The van der Waals surface area contributed by atoms with Crippen molar-refractivity contribution in [1.29, 1.82) is 0 Å². The summed E-state index contributed by atoms with van der Waals surface area (Å²) in [5, 5.41) is 6.42. The molecule has 23 heavy (non-hydrogen) atoms. The molecule has 1 saturated heterocycles. The Morgan fingerprint density at radius 2 is 1.65 bits per heavy atom. The Kier molecular flexibility index (Phi) is 5.21. The summed E-state index contributed by atoms with van der Waals surface area (Å²) in [7, 11) is 0. The summed E-state index contributed by atoms with van der Waals surface area (Å²) in [5.74, 6) is 0.710. The first-order valence-electron chi connectivity index (χ1n) is 9.05. The van der Waals surface area contributed by atoms with Crippen LogP contribution in [0.3, 0.4) is 0 Å². The van der Waals surface area contributed by atoms with Gasteiger partial charge >= 0.3 is 6.03 Å². The molecule has 1 saturated carbocycles. The quantitative estimate of drug-likeness (QED) is 0.868. The van der Waals surface area contributed by atoms with Crippen molar-refractivity contribution in [2.45, 2.75) is 64.0 Å². The number of carbonyl (C=O) groups excluding carboxylic acids is 1. The summed E-state index contributed by atoms with van der Waals surface area (Å²) in [6.45, 7) is 5.90. The molecule has 1 aromatic rings. The molecule has 1 aliphatic heterocycles. The van der Waals surface area contributed by atoms with E-state index < -0.39 is 0 Å². The Hall–Kier alpha value is -1.55. The van der Waals surface area contributed by atoms with Gasteiger partial charge in [0, 0.05) is 30.9 Å². The van der Waals surface area contributed by atoms with E-state index >= 15 is 0 Å². The SMILES string of the molecule is CC1CNCC(C)N1C(=O)Nc1ccc(C2CCCCC2)cc1. The number of amides is 2. The lowest BCUT2D eigenvalue weighted by atomic mass is 9.84. The number of benzene rings is 1. The number of carbonyl (C=O) groups is 1. The van der Waals surface area contributed by atoms with Gasteiger partial charge in [0.1, 0.15) is 0 Å². The van der Waals surface area contributed by atoms with Crippen molar-refractivity contribution >= 4 is 11.7 Å². The minimum atomic E-state index is 0.0110. The second kappa shape index (κ2) is 7.35. The molecule has 1 aliphatic carbocycles. The van der Waals surface area contributed by atoms with E-state index in [9.17, 15) is 4.79 Å². The number of anilines is 1. The molecular weight excluding hydrogens is 286 g/mol. The minimum absolute atomic E-state index is 0.0110. The van der Waals surface area contributed by atoms with E-state index in [1.54, 1.807) is 0 Å². The van der Waals surface area contributed by atoms with Gasteiger partial charge in [0.15, 0.2) is 0 Å². The zero-order chi connectivity index (χ0) is 16.2. The van der Waals surface area contributed by atoms with Gasteiger partial charge in [0.2, 0.25) is 0 Å². The maximum Gasteiger partial charge on any atom is 0.322 e. The Bertz CT molecular complexity index is 512. The van der Waals surface area contributed by atoms with Crippen LogP contribution in [0.5, 0.6) is 0 Å². The molecule has 2 N–H and O–H groups in total. The maximum absolute atomic E-state index is 12.6. The zero-order valence-electron chi connectivity index (χ0n) is 14.3. The molecule has 3 rings (SSSR count). The second-order valence-corrected chi connectivity index (χ2v) is 7.15. The van der Waals surface area contributed by atoms with Gasteiger partial charge in [0.25, 0.3) is 0 Å². The van der Waals surface area contributed by atoms with Crippen LogP contribution in [0.25, 0.3) is 0 Å². The van der Waals surface area contributed by atoms with E-state index in [0.29, 0.717) is 5.92 Å². The molecule has 2 amide bonds. The fourth-order valence-electron chi connectivity index (χ4n) is 4.00. The molecule has 1 aromatic carbocycles. The lowest BCUT2D eigenvalue weighted by Gasteiger charge is -2.39. The molecule has 0 spiro atoms. The monoisotopic (exact) mass is 315 g/mol. The van der Waals surface area contributed by atoms with Gasteiger partial charge in [-0.2, -0.15) is 0 Å². The maximum atomic E-state index is 12.6. The van der Waals surface area contributed by atoms with E-state index in [1.807, 2.05) is 4.90 Å². The Morgan fingerprint density at radius 1 is 1.04 bits per heavy atom. The first-order valence-corrected chi connectivity index (χ1v) is 9.05. The summed E-state index contributed by atoms with van der Waals surface area (Å²) in [6.07, 6.45) is 6.69. The molecule has 126 valence electrons. The van der Waals surface area contributed by atoms with Crippen LogP contribution < -0.4 is 10.6 Å². The number of nitrogens with one attached hydrogen (secondary N) is 2. The van der Waals surface area contributed by atoms with Crippen LogP contribution >= 0.6 is 0 Å². The third-order valence-corrected chi connectivity index (χ3v) is 5.30. The molecule has 2 aliphatic rings. The molecule has 1 heterocycles. The normalized spacial score (nSPS) is 26.1. The van der Waals surface area contributed by atoms with E-state index in [1.165, 1.54) is 37.7 Å². The number of piperazine rings is 1. The van der Waals surface area contributed by atoms with Crippen molar-refractivity contribution in [3.8, 4) is 0 Å². The number of urea groups is 1. The fourth-order valence-corrected chi connectivity index (χ4v) is 4.00. The van der Waals surface area contributed by atoms with Crippen molar-refractivity contribution in [3.05, 3.63) is 29.8 Å². The molecule has 0 radical (unpaired) electrons. The summed E-state index contributed by atoms with van der Waals surface area (Å²) in [4.78, 5) is 14.5. The van der Waals surface area contributed by atoms with Crippen LogP contribution in [0, 0.1) is 0 Å². The molecule has 2 fully saturated rings. The first kappa shape index (κ1) is 16.3. The molecule has 0 bridgehead atoms. The molecule has 4 nitrogen and oxygen atoms in total. The number of rotatable bonds is 2. The molecule has 2 atom stereocenters. The fraction of sp³-hybridized carbons (Fsp3) is 0.632. The predicted octanol–water partition coefficient (Wildman–Crippen LogP) is 3.95. The van der Waals surface area contributed by atoms with Crippen LogP contribution in [-0.2, 0) is 0 Å². The van der Waals surface area contributed by atoms with E-state index in [-0.39, 0.29) is 18.1 Å². The van der Waals surface area contributed by atoms with Crippen molar-refractivity contribution in [3.63, 3.8) is 0 Å². The third-order valence-electron chi connectivity index (χ3n) is 5.30. The van der Waals surface area contributed by atoms with Gasteiger partial charge < -0.3 is 15.5 Å². The number of hydrogen-bond acceptors (Lipinski definition) is 2. The molecule has 2 unspecified atom stereocenters. The zero-order valence-corrected chi connectivity index (χ0v) is 14.3. The van der Waals surface area contributed by atoms with Gasteiger partial charge in [-0.05, 0) is 50.3 Å². The van der Waals surface area contributed by atoms with Gasteiger partial charge in [-0.1, -0.05) is 31.4 Å². The van der Waals surface area contributed by atoms with Crippen LogP contribution in [0.15, 0.2) is 24.3 Å². The van der Waals surface area contributed by atoms with Gasteiger partial charge in [-0.25, -0.2) is 4.79 Å². The van der Waals surface area contributed by atoms with E-state index in [2.05, 4.69) is 48.7 Å². The Morgan fingerprint density at radius 3 is 2.26 bits per heavy atom. The topological polar surface area (TPSA) is 44.4 Å². The molecular formula is C19H29N3O. The lowest BCUT2D eigenvalue weighted by Crippen LogP contribution is -2.58. The largest absolute Gasteiger partial charge is 0.322 e. The van der Waals surface area contributed by atoms with Crippen molar-refractivity contribution in [2.75, 3.05) is 18.4 Å². The van der Waals surface area contributed by atoms with Gasteiger partial charge in [-0.15, -0.1) is 0 Å². The summed E-state index contributed by atoms with van der Waals surface area (Å²) in [6, 6.07) is 8.95. The number of hydrogen-bond donors (Lipinski definition) is 2. The van der Waals surface area contributed by atoms with E-state index in [0.717, 1.165) is 18.8 Å². The summed E-state index contributed by atoms with van der Waals surface area (Å²) < 4.78 is 0. The summed E-state index contributed by atoms with van der Waals surface area (Å²) >= 11 is 0. The molecule has 4 heteroatoms.